The average Bonchev–Trinajstić information content (AvgIpc) is 2.49. The summed E-state index contributed by atoms with van der Waals surface area (Å²) < 4.78 is 19.7. The zero-order valence-electron chi connectivity index (χ0n) is 11.4. The first-order chi connectivity index (χ1) is 10.2. The van der Waals surface area contributed by atoms with Crippen LogP contribution in [0, 0.1) is 5.82 Å². The highest BCUT2D eigenvalue weighted by Crippen LogP contribution is 2.30. The lowest BCUT2D eigenvalue weighted by Crippen LogP contribution is -2.12. The van der Waals surface area contributed by atoms with Gasteiger partial charge in [-0.3, -0.25) is 4.79 Å². The lowest BCUT2D eigenvalue weighted by molar-refractivity contribution is 0.0971. The van der Waals surface area contributed by atoms with Gasteiger partial charge < -0.3 is 4.74 Å². The van der Waals surface area contributed by atoms with Gasteiger partial charge in [-0.05, 0) is 40.9 Å². The standard InChI is InChI=1S/C17H14BrFO2/c18-17-11(4-1-7-14(17)19)10-21-16-9-3-5-12-13(16)6-2-8-15(12)20/h1,3-5,7,9H,2,6,8,10H2. The molecule has 21 heavy (non-hydrogen) atoms. The molecule has 108 valence electrons. The van der Waals surface area contributed by atoms with Crippen LogP contribution < -0.4 is 4.74 Å². The number of carbonyl (C=O) groups is 1. The molecule has 0 saturated heterocycles. The third-order valence-corrected chi connectivity index (χ3v) is 4.57. The largest absolute Gasteiger partial charge is 0.489 e. The molecular weight excluding hydrogens is 335 g/mol. The van der Waals surface area contributed by atoms with Gasteiger partial charge in [-0.2, -0.15) is 0 Å². The summed E-state index contributed by atoms with van der Waals surface area (Å²) >= 11 is 3.23. The van der Waals surface area contributed by atoms with Crippen molar-refractivity contribution in [2.45, 2.75) is 25.9 Å². The van der Waals surface area contributed by atoms with Crippen LogP contribution in [-0.2, 0) is 13.0 Å². The van der Waals surface area contributed by atoms with Gasteiger partial charge in [0.05, 0.1) is 4.47 Å². The Kier molecular flexibility index (Phi) is 4.06. The minimum absolute atomic E-state index is 0.175. The molecule has 0 aliphatic heterocycles. The molecule has 1 aliphatic carbocycles. The molecule has 0 spiro atoms. The first-order valence-electron chi connectivity index (χ1n) is 6.87. The number of halogens is 2. The van der Waals surface area contributed by atoms with E-state index in [-0.39, 0.29) is 18.2 Å². The van der Waals surface area contributed by atoms with Crippen molar-refractivity contribution in [3.05, 3.63) is 63.4 Å². The number of fused-ring (bicyclic) bond motifs is 1. The highest BCUT2D eigenvalue weighted by atomic mass is 79.9. The van der Waals surface area contributed by atoms with Crippen LogP contribution in [0.4, 0.5) is 4.39 Å². The molecule has 0 N–H and O–H groups in total. The van der Waals surface area contributed by atoms with E-state index in [4.69, 9.17) is 4.74 Å². The molecule has 0 amide bonds. The van der Waals surface area contributed by atoms with Gasteiger partial charge in [0.1, 0.15) is 18.2 Å². The quantitative estimate of drug-likeness (QED) is 0.804. The Morgan fingerprint density at radius 3 is 2.81 bits per heavy atom. The van der Waals surface area contributed by atoms with E-state index in [2.05, 4.69) is 15.9 Å². The van der Waals surface area contributed by atoms with Crippen LogP contribution in [0.3, 0.4) is 0 Å². The second-order valence-corrected chi connectivity index (χ2v) is 5.85. The molecule has 0 atom stereocenters. The Labute approximate surface area is 131 Å². The zero-order valence-corrected chi connectivity index (χ0v) is 13.0. The van der Waals surface area contributed by atoms with E-state index < -0.39 is 0 Å². The molecule has 2 aromatic carbocycles. The monoisotopic (exact) mass is 348 g/mol. The van der Waals surface area contributed by atoms with E-state index >= 15 is 0 Å². The topological polar surface area (TPSA) is 26.3 Å². The Balaban J connectivity index is 1.84. The van der Waals surface area contributed by atoms with Gasteiger partial charge in [-0.15, -0.1) is 0 Å². The second-order valence-electron chi connectivity index (χ2n) is 5.06. The first kappa shape index (κ1) is 14.3. The Bertz CT molecular complexity index is 697. The van der Waals surface area contributed by atoms with E-state index in [1.54, 1.807) is 6.07 Å². The van der Waals surface area contributed by atoms with E-state index in [0.717, 1.165) is 35.3 Å². The van der Waals surface area contributed by atoms with Crippen molar-refractivity contribution in [1.82, 2.24) is 0 Å². The molecule has 0 radical (unpaired) electrons. The van der Waals surface area contributed by atoms with Crippen LogP contribution in [-0.4, -0.2) is 5.78 Å². The van der Waals surface area contributed by atoms with Crippen LogP contribution in [0.15, 0.2) is 40.9 Å². The number of benzene rings is 2. The molecule has 2 aromatic rings. The van der Waals surface area contributed by atoms with Crippen molar-refractivity contribution < 1.29 is 13.9 Å². The third-order valence-electron chi connectivity index (χ3n) is 3.68. The Hall–Kier alpha value is -1.68. The molecule has 1 aliphatic rings. The zero-order chi connectivity index (χ0) is 14.8. The van der Waals surface area contributed by atoms with E-state index in [9.17, 15) is 9.18 Å². The number of Topliss-reactive ketones (excluding diaryl/α,β-unsaturated/α-hetero) is 1. The number of ether oxygens (including phenoxy) is 1. The normalized spacial score (nSPS) is 13.9. The highest BCUT2D eigenvalue weighted by Gasteiger charge is 2.20. The van der Waals surface area contributed by atoms with Crippen molar-refractivity contribution in [1.29, 1.82) is 0 Å². The van der Waals surface area contributed by atoms with Gasteiger partial charge in [0.25, 0.3) is 0 Å². The van der Waals surface area contributed by atoms with Crippen molar-refractivity contribution in [3.63, 3.8) is 0 Å². The first-order valence-corrected chi connectivity index (χ1v) is 7.67. The molecule has 0 bridgehead atoms. The molecular formula is C17H14BrFO2. The maximum absolute atomic E-state index is 13.5. The predicted molar refractivity (Wildman–Crippen MR) is 82.1 cm³/mol. The number of ketones is 1. The summed E-state index contributed by atoms with van der Waals surface area (Å²) in [5, 5.41) is 0. The van der Waals surface area contributed by atoms with Crippen molar-refractivity contribution in [2.24, 2.45) is 0 Å². The fraction of sp³-hybridized carbons (Fsp3) is 0.235. The van der Waals surface area contributed by atoms with Gasteiger partial charge >= 0.3 is 0 Å². The maximum Gasteiger partial charge on any atom is 0.163 e. The molecule has 0 heterocycles. The average molecular weight is 349 g/mol. The SMILES string of the molecule is O=C1CCCc2c(OCc3cccc(F)c3Br)cccc21. The molecule has 2 nitrogen and oxygen atoms in total. The van der Waals surface area contributed by atoms with Crippen LogP contribution in [0.25, 0.3) is 0 Å². The summed E-state index contributed by atoms with van der Waals surface area (Å²) in [6.07, 6.45) is 2.31. The second kappa shape index (κ2) is 5.98. The predicted octanol–water partition coefficient (Wildman–Crippen LogP) is 4.69. The lowest BCUT2D eigenvalue weighted by atomic mass is 9.90. The van der Waals surface area contributed by atoms with Crippen LogP contribution in [0.5, 0.6) is 5.75 Å². The van der Waals surface area contributed by atoms with Crippen LogP contribution in [0.1, 0.15) is 34.3 Å². The summed E-state index contributed by atoms with van der Waals surface area (Å²) in [6.45, 7) is 0.267. The lowest BCUT2D eigenvalue weighted by Gasteiger charge is -2.19. The van der Waals surface area contributed by atoms with Crippen molar-refractivity contribution in [3.8, 4) is 5.75 Å². The highest BCUT2D eigenvalue weighted by molar-refractivity contribution is 9.10. The van der Waals surface area contributed by atoms with E-state index in [1.165, 1.54) is 6.07 Å². The summed E-state index contributed by atoms with van der Waals surface area (Å²) in [7, 11) is 0. The smallest absolute Gasteiger partial charge is 0.163 e. The fourth-order valence-corrected chi connectivity index (χ4v) is 2.97. The molecule has 0 fully saturated rings. The minimum Gasteiger partial charge on any atom is -0.489 e. The van der Waals surface area contributed by atoms with E-state index in [1.807, 2.05) is 24.3 Å². The minimum atomic E-state index is -0.304. The molecule has 0 saturated carbocycles. The van der Waals surface area contributed by atoms with Crippen LogP contribution in [0.2, 0.25) is 0 Å². The van der Waals surface area contributed by atoms with E-state index in [0.29, 0.717) is 10.9 Å². The number of hydrogen-bond acceptors (Lipinski definition) is 2. The van der Waals surface area contributed by atoms with Gasteiger partial charge in [0, 0.05) is 23.1 Å². The van der Waals surface area contributed by atoms with Gasteiger partial charge in [-0.25, -0.2) is 4.39 Å². The Morgan fingerprint density at radius 1 is 1.14 bits per heavy atom. The van der Waals surface area contributed by atoms with Gasteiger partial charge in [0.15, 0.2) is 5.78 Å². The van der Waals surface area contributed by atoms with Crippen LogP contribution >= 0.6 is 15.9 Å². The summed E-state index contributed by atoms with van der Waals surface area (Å²) in [4.78, 5) is 11.9. The molecule has 0 aromatic heterocycles. The summed E-state index contributed by atoms with van der Waals surface area (Å²) in [5.74, 6) is 0.590. The molecule has 3 rings (SSSR count). The summed E-state index contributed by atoms with van der Waals surface area (Å²) in [6, 6.07) is 10.4. The van der Waals surface area contributed by atoms with Gasteiger partial charge in [0.2, 0.25) is 0 Å². The Morgan fingerprint density at radius 2 is 1.95 bits per heavy atom. The number of rotatable bonds is 3. The van der Waals surface area contributed by atoms with Gasteiger partial charge in [-0.1, -0.05) is 24.3 Å². The van der Waals surface area contributed by atoms with Crippen molar-refractivity contribution in [2.75, 3.05) is 0 Å². The number of carbonyl (C=O) groups excluding carboxylic acids is 1. The maximum atomic E-state index is 13.5. The molecule has 0 unspecified atom stereocenters. The third kappa shape index (κ3) is 2.86. The molecule has 4 heteroatoms. The summed E-state index contributed by atoms with van der Waals surface area (Å²) in [5.41, 5.74) is 2.48. The van der Waals surface area contributed by atoms with Crippen molar-refractivity contribution >= 4 is 21.7 Å². The number of hydrogen-bond donors (Lipinski definition) is 0. The fourth-order valence-electron chi connectivity index (χ4n) is 2.60.